The van der Waals surface area contributed by atoms with E-state index in [9.17, 15) is 14.4 Å². The first kappa shape index (κ1) is 30.9. The summed E-state index contributed by atoms with van der Waals surface area (Å²) in [5, 5.41) is 13.7. The van der Waals surface area contributed by atoms with Crippen molar-refractivity contribution in [2.75, 3.05) is 30.8 Å². The number of piperazine rings is 1. The standard InChI is InChI=1S/C32H37N7O4S/c1-18-9-11-21(15-22(18)20-10-12-23(33-17-20)27-37-36-19(2)43-27)34-30(42)35-24-16-25(31(3,4)5)44-26(24)28(40)39-14-13-38(8)29(41)32(39,6)7/h9-12,15-17H,13-14H2,1-8H3,(H2,34,35,42). The maximum absolute atomic E-state index is 13.9. The van der Waals surface area contributed by atoms with Gasteiger partial charge in [-0.15, -0.1) is 21.5 Å². The number of aromatic nitrogens is 3. The Morgan fingerprint density at radius 2 is 1.77 bits per heavy atom. The number of pyridine rings is 1. The quantitative estimate of drug-likeness (QED) is 0.277. The number of hydrogen-bond acceptors (Lipinski definition) is 8. The van der Waals surface area contributed by atoms with E-state index in [-0.39, 0.29) is 17.2 Å². The Hall–Kier alpha value is -4.58. The molecule has 4 heterocycles. The van der Waals surface area contributed by atoms with E-state index in [0.29, 0.717) is 46.8 Å². The van der Waals surface area contributed by atoms with Crippen LogP contribution in [0.1, 0.15) is 60.6 Å². The van der Waals surface area contributed by atoms with Crippen LogP contribution >= 0.6 is 11.3 Å². The van der Waals surface area contributed by atoms with Gasteiger partial charge in [0, 0.05) is 49.4 Å². The predicted octanol–water partition coefficient (Wildman–Crippen LogP) is 6.11. The zero-order chi connectivity index (χ0) is 32.0. The van der Waals surface area contributed by atoms with Crippen molar-refractivity contribution in [3.63, 3.8) is 0 Å². The second-order valence-electron chi connectivity index (χ2n) is 12.5. The number of rotatable bonds is 5. The summed E-state index contributed by atoms with van der Waals surface area (Å²) in [6.45, 7) is 14.2. The number of carbonyl (C=O) groups excluding carboxylic acids is 3. The lowest BCUT2D eigenvalue weighted by Gasteiger charge is -2.44. The molecule has 0 unspecified atom stereocenters. The second kappa shape index (κ2) is 11.5. The van der Waals surface area contributed by atoms with E-state index in [1.807, 2.05) is 43.3 Å². The molecule has 44 heavy (non-hydrogen) atoms. The molecule has 0 bridgehead atoms. The van der Waals surface area contributed by atoms with Gasteiger partial charge in [-0.25, -0.2) is 4.79 Å². The van der Waals surface area contributed by atoms with Gasteiger partial charge < -0.3 is 24.9 Å². The summed E-state index contributed by atoms with van der Waals surface area (Å²) >= 11 is 1.34. The predicted molar refractivity (Wildman–Crippen MR) is 171 cm³/mol. The van der Waals surface area contributed by atoms with Crippen LogP contribution in [0.2, 0.25) is 0 Å². The molecule has 4 aromatic rings. The fourth-order valence-electron chi connectivity index (χ4n) is 5.08. The van der Waals surface area contributed by atoms with Gasteiger partial charge in [0.15, 0.2) is 0 Å². The summed E-state index contributed by atoms with van der Waals surface area (Å²) in [5.74, 6) is 0.408. The Balaban J connectivity index is 1.37. The zero-order valence-electron chi connectivity index (χ0n) is 26.2. The van der Waals surface area contributed by atoms with Crippen LogP contribution < -0.4 is 10.6 Å². The van der Waals surface area contributed by atoms with Crippen molar-refractivity contribution in [2.24, 2.45) is 0 Å². The van der Waals surface area contributed by atoms with Crippen LogP contribution in [0.5, 0.6) is 0 Å². The minimum Gasteiger partial charge on any atom is -0.420 e. The van der Waals surface area contributed by atoms with Crippen molar-refractivity contribution in [2.45, 2.75) is 59.4 Å². The normalized spacial score (nSPS) is 15.0. The molecule has 2 N–H and O–H groups in total. The Morgan fingerprint density at radius 1 is 1.02 bits per heavy atom. The Bertz CT molecular complexity index is 1730. The maximum Gasteiger partial charge on any atom is 0.323 e. The summed E-state index contributed by atoms with van der Waals surface area (Å²) in [4.78, 5) is 49.2. The van der Waals surface area contributed by atoms with Gasteiger partial charge in [0.25, 0.3) is 11.8 Å². The molecule has 0 atom stereocenters. The molecule has 12 heteroatoms. The third kappa shape index (κ3) is 6.07. The monoisotopic (exact) mass is 615 g/mol. The molecule has 1 aliphatic heterocycles. The summed E-state index contributed by atoms with van der Waals surface area (Å²) in [7, 11) is 1.74. The van der Waals surface area contributed by atoms with Gasteiger partial charge in [0.1, 0.15) is 16.1 Å². The van der Waals surface area contributed by atoms with Crippen molar-refractivity contribution >= 4 is 40.6 Å². The highest BCUT2D eigenvalue weighted by Crippen LogP contribution is 2.38. The molecule has 230 valence electrons. The zero-order valence-corrected chi connectivity index (χ0v) is 27.0. The molecule has 3 aromatic heterocycles. The number of urea groups is 1. The highest BCUT2D eigenvalue weighted by Gasteiger charge is 2.44. The highest BCUT2D eigenvalue weighted by atomic mass is 32.1. The number of likely N-dealkylation sites (N-methyl/N-ethyl adjacent to an activating group) is 1. The van der Waals surface area contributed by atoms with E-state index in [1.165, 1.54) is 11.3 Å². The van der Waals surface area contributed by atoms with Crippen LogP contribution in [-0.2, 0) is 10.2 Å². The second-order valence-corrected chi connectivity index (χ2v) is 13.6. The van der Waals surface area contributed by atoms with E-state index in [4.69, 9.17) is 4.42 Å². The SMILES string of the molecule is Cc1nnc(-c2ccc(-c3cc(NC(=O)Nc4cc(C(C)(C)C)sc4C(=O)N4CCN(C)C(=O)C4(C)C)ccc3C)cn2)o1. The minimum absolute atomic E-state index is 0.123. The summed E-state index contributed by atoms with van der Waals surface area (Å²) in [6.07, 6.45) is 1.73. The van der Waals surface area contributed by atoms with Crippen molar-refractivity contribution in [3.05, 3.63) is 63.8 Å². The molecule has 1 saturated heterocycles. The third-order valence-electron chi connectivity index (χ3n) is 7.68. The smallest absolute Gasteiger partial charge is 0.323 e. The van der Waals surface area contributed by atoms with Crippen molar-refractivity contribution in [1.29, 1.82) is 0 Å². The largest absolute Gasteiger partial charge is 0.420 e. The summed E-state index contributed by atoms with van der Waals surface area (Å²) < 4.78 is 5.47. The molecule has 1 aliphatic rings. The van der Waals surface area contributed by atoms with Gasteiger partial charge in [0.2, 0.25) is 11.8 Å². The molecular formula is C32H37N7O4S. The molecule has 0 aliphatic carbocycles. The topological polar surface area (TPSA) is 134 Å². The first-order valence-electron chi connectivity index (χ1n) is 14.3. The molecule has 1 aromatic carbocycles. The Labute approximate surface area is 260 Å². The Kier molecular flexibility index (Phi) is 8.06. The van der Waals surface area contributed by atoms with Gasteiger partial charge in [-0.2, -0.15) is 0 Å². The van der Waals surface area contributed by atoms with Gasteiger partial charge in [0.05, 0.1) is 5.69 Å². The number of thiophene rings is 1. The van der Waals surface area contributed by atoms with Gasteiger partial charge in [-0.3, -0.25) is 14.6 Å². The first-order valence-corrected chi connectivity index (χ1v) is 15.1. The van der Waals surface area contributed by atoms with Gasteiger partial charge >= 0.3 is 6.03 Å². The minimum atomic E-state index is -1.01. The molecule has 0 radical (unpaired) electrons. The van der Waals surface area contributed by atoms with Crippen LogP contribution in [0, 0.1) is 13.8 Å². The molecule has 11 nitrogen and oxygen atoms in total. The number of benzene rings is 1. The van der Waals surface area contributed by atoms with Crippen LogP contribution in [0.25, 0.3) is 22.7 Å². The van der Waals surface area contributed by atoms with Crippen LogP contribution in [0.15, 0.2) is 47.0 Å². The van der Waals surface area contributed by atoms with Crippen molar-refractivity contribution in [3.8, 4) is 22.7 Å². The molecule has 4 amide bonds. The lowest BCUT2D eigenvalue weighted by molar-refractivity contribution is -0.144. The lowest BCUT2D eigenvalue weighted by atomic mass is 9.94. The molecule has 5 rings (SSSR count). The highest BCUT2D eigenvalue weighted by molar-refractivity contribution is 7.14. The summed E-state index contributed by atoms with van der Waals surface area (Å²) in [6, 6.07) is 10.7. The van der Waals surface area contributed by atoms with Crippen LogP contribution in [-0.4, -0.2) is 68.5 Å². The van der Waals surface area contributed by atoms with Crippen molar-refractivity contribution < 1.29 is 18.8 Å². The number of amides is 4. The Morgan fingerprint density at radius 3 is 2.41 bits per heavy atom. The fraction of sp³-hybridized carbons (Fsp3) is 0.375. The number of hydrogen-bond donors (Lipinski definition) is 2. The average Bonchev–Trinajstić information content (AvgIpc) is 3.59. The van der Waals surface area contributed by atoms with Crippen LogP contribution in [0.3, 0.4) is 0 Å². The van der Waals surface area contributed by atoms with E-state index in [0.717, 1.165) is 21.6 Å². The maximum atomic E-state index is 13.9. The van der Waals surface area contributed by atoms with Crippen LogP contribution in [0.4, 0.5) is 16.2 Å². The molecule has 0 spiro atoms. The molecule has 1 fully saturated rings. The average molecular weight is 616 g/mol. The van der Waals surface area contributed by atoms with E-state index in [1.54, 1.807) is 43.8 Å². The van der Waals surface area contributed by atoms with Crippen molar-refractivity contribution in [1.82, 2.24) is 25.0 Å². The number of aryl methyl sites for hydroxylation is 2. The first-order chi connectivity index (χ1) is 20.6. The van der Waals surface area contributed by atoms with E-state index < -0.39 is 11.6 Å². The van der Waals surface area contributed by atoms with Gasteiger partial charge in [-0.05, 0) is 61.6 Å². The van der Waals surface area contributed by atoms with Gasteiger partial charge in [-0.1, -0.05) is 32.9 Å². The third-order valence-corrected chi connectivity index (χ3v) is 9.23. The van der Waals surface area contributed by atoms with E-state index >= 15 is 0 Å². The molecular weight excluding hydrogens is 578 g/mol. The summed E-state index contributed by atoms with van der Waals surface area (Å²) in [5.41, 5.74) is 3.05. The number of nitrogens with one attached hydrogen (secondary N) is 2. The number of carbonyl (C=O) groups is 3. The fourth-order valence-corrected chi connectivity index (χ4v) is 6.20. The lowest BCUT2D eigenvalue weighted by Crippen LogP contribution is -2.63. The van der Waals surface area contributed by atoms with E-state index in [2.05, 4.69) is 46.6 Å². The number of nitrogens with zero attached hydrogens (tertiary/aromatic N) is 5. The molecule has 0 saturated carbocycles. The number of anilines is 2.